The summed E-state index contributed by atoms with van der Waals surface area (Å²) < 4.78 is 5.31. The number of carbonyl (C=O) groups is 2. The van der Waals surface area contributed by atoms with E-state index in [0.717, 1.165) is 5.56 Å². The van der Waals surface area contributed by atoms with Gasteiger partial charge in [-0.05, 0) is 29.8 Å². The van der Waals surface area contributed by atoms with Crippen molar-refractivity contribution < 1.29 is 19.4 Å². The number of hydrogen-bond donors (Lipinski definition) is 4. The summed E-state index contributed by atoms with van der Waals surface area (Å²) in [4.78, 5) is 23.1. The molecule has 2 rings (SSSR count). The molecule has 24 heavy (non-hydrogen) atoms. The number of amides is 3. The zero-order valence-corrected chi connectivity index (χ0v) is 13.2. The fraction of sp³-hybridized carbons (Fsp3) is 0.176. The van der Waals surface area contributed by atoms with Gasteiger partial charge in [0.25, 0.3) is 5.91 Å². The predicted molar refractivity (Wildman–Crippen MR) is 90.0 cm³/mol. The first-order valence-electron chi connectivity index (χ1n) is 7.33. The first kappa shape index (κ1) is 17.1. The number of urea groups is 1. The summed E-state index contributed by atoms with van der Waals surface area (Å²) in [6, 6.07) is 13.0. The van der Waals surface area contributed by atoms with Crippen molar-refractivity contribution in [3.8, 4) is 11.5 Å². The molecule has 0 unspecified atom stereocenters. The van der Waals surface area contributed by atoms with E-state index in [1.54, 1.807) is 48.5 Å². The molecule has 0 fully saturated rings. The topological polar surface area (TPSA) is 99.7 Å². The maximum Gasteiger partial charge on any atom is 0.319 e. The minimum atomic E-state index is -0.387. The van der Waals surface area contributed by atoms with Crippen molar-refractivity contribution in [3.05, 3.63) is 54.1 Å². The Morgan fingerprint density at radius 2 is 1.92 bits per heavy atom. The van der Waals surface area contributed by atoms with Gasteiger partial charge in [0.15, 0.2) is 6.61 Å². The van der Waals surface area contributed by atoms with Crippen LogP contribution in [0.15, 0.2) is 48.5 Å². The van der Waals surface area contributed by atoms with Gasteiger partial charge in [-0.2, -0.15) is 0 Å². The fourth-order valence-corrected chi connectivity index (χ4v) is 1.91. The van der Waals surface area contributed by atoms with Gasteiger partial charge in [-0.3, -0.25) is 4.79 Å². The number of hydrogen-bond acceptors (Lipinski definition) is 4. The van der Waals surface area contributed by atoms with Crippen LogP contribution in [-0.2, 0) is 11.3 Å². The Morgan fingerprint density at radius 3 is 2.67 bits per heavy atom. The number of nitrogens with one attached hydrogen (secondary N) is 3. The normalized spacial score (nSPS) is 9.88. The Hall–Kier alpha value is -3.22. The average Bonchev–Trinajstić information content (AvgIpc) is 2.58. The minimum Gasteiger partial charge on any atom is -0.508 e. The number of ether oxygens (including phenoxy) is 1. The highest BCUT2D eigenvalue weighted by atomic mass is 16.5. The minimum absolute atomic E-state index is 0.0936. The first-order chi connectivity index (χ1) is 11.6. The molecule has 0 atom stereocenters. The van der Waals surface area contributed by atoms with E-state index in [2.05, 4.69) is 16.0 Å². The average molecular weight is 329 g/mol. The van der Waals surface area contributed by atoms with Gasteiger partial charge in [0.05, 0.1) is 0 Å². The Bertz CT molecular complexity index is 718. The van der Waals surface area contributed by atoms with Crippen LogP contribution in [0.5, 0.6) is 11.5 Å². The molecule has 0 aromatic heterocycles. The Balaban J connectivity index is 1.86. The largest absolute Gasteiger partial charge is 0.508 e. The summed E-state index contributed by atoms with van der Waals surface area (Å²) in [6.45, 7) is 0.191. The molecule has 0 radical (unpaired) electrons. The molecule has 7 heteroatoms. The van der Waals surface area contributed by atoms with Crippen LogP contribution in [0.1, 0.15) is 5.56 Å². The lowest BCUT2D eigenvalue weighted by atomic mass is 10.2. The van der Waals surface area contributed by atoms with Crippen LogP contribution in [-0.4, -0.2) is 30.7 Å². The molecule has 0 spiro atoms. The highest BCUT2D eigenvalue weighted by molar-refractivity contribution is 5.89. The Morgan fingerprint density at radius 1 is 1.12 bits per heavy atom. The number of anilines is 1. The third-order valence-corrected chi connectivity index (χ3v) is 3.10. The van der Waals surface area contributed by atoms with Crippen molar-refractivity contribution in [2.24, 2.45) is 0 Å². The van der Waals surface area contributed by atoms with E-state index in [4.69, 9.17) is 4.74 Å². The van der Waals surface area contributed by atoms with E-state index >= 15 is 0 Å². The van der Waals surface area contributed by atoms with Crippen LogP contribution in [0.2, 0.25) is 0 Å². The van der Waals surface area contributed by atoms with E-state index in [9.17, 15) is 14.7 Å². The summed E-state index contributed by atoms with van der Waals surface area (Å²) >= 11 is 0. The van der Waals surface area contributed by atoms with Crippen LogP contribution in [0.4, 0.5) is 10.5 Å². The van der Waals surface area contributed by atoms with Gasteiger partial charge in [0.2, 0.25) is 0 Å². The van der Waals surface area contributed by atoms with Gasteiger partial charge >= 0.3 is 6.03 Å². The van der Waals surface area contributed by atoms with Gasteiger partial charge in [-0.25, -0.2) is 4.79 Å². The van der Waals surface area contributed by atoms with Gasteiger partial charge in [0.1, 0.15) is 11.5 Å². The van der Waals surface area contributed by atoms with Crippen molar-refractivity contribution >= 4 is 17.6 Å². The lowest BCUT2D eigenvalue weighted by Gasteiger charge is -2.10. The summed E-state index contributed by atoms with van der Waals surface area (Å²) in [6.07, 6.45) is 0. The molecule has 126 valence electrons. The monoisotopic (exact) mass is 329 g/mol. The van der Waals surface area contributed by atoms with Crippen molar-refractivity contribution in [2.45, 2.75) is 6.54 Å². The molecule has 3 amide bonds. The fourth-order valence-electron chi connectivity index (χ4n) is 1.91. The number of aromatic hydroxyl groups is 1. The van der Waals surface area contributed by atoms with Gasteiger partial charge in [-0.15, -0.1) is 0 Å². The second-order valence-electron chi connectivity index (χ2n) is 4.97. The molecule has 4 N–H and O–H groups in total. The van der Waals surface area contributed by atoms with Crippen molar-refractivity contribution in [2.75, 3.05) is 19.0 Å². The van der Waals surface area contributed by atoms with Crippen LogP contribution < -0.4 is 20.7 Å². The van der Waals surface area contributed by atoms with Crippen LogP contribution >= 0.6 is 0 Å². The molecule has 7 nitrogen and oxygen atoms in total. The van der Waals surface area contributed by atoms with Crippen LogP contribution in [0, 0.1) is 0 Å². The lowest BCUT2D eigenvalue weighted by Crippen LogP contribution is -2.28. The number of phenolic OH excluding ortho intramolecular Hbond substituents is 1. The Kier molecular flexibility index (Phi) is 6.01. The van der Waals surface area contributed by atoms with E-state index < -0.39 is 0 Å². The molecule has 0 aliphatic rings. The predicted octanol–water partition coefficient (Wildman–Crippen LogP) is 1.84. The molecule has 0 aliphatic heterocycles. The number of likely N-dealkylation sites (N-methyl/N-ethyl adjacent to an activating group) is 1. The molecule has 0 aliphatic carbocycles. The summed E-state index contributed by atoms with van der Waals surface area (Å²) in [5.74, 6) is 0.386. The second kappa shape index (κ2) is 8.42. The van der Waals surface area contributed by atoms with Gasteiger partial charge in [0, 0.05) is 25.3 Å². The molecule has 2 aromatic rings. The van der Waals surface area contributed by atoms with Crippen molar-refractivity contribution in [1.29, 1.82) is 0 Å². The zero-order chi connectivity index (χ0) is 17.4. The summed E-state index contributed by atoms with van der Waals surface area (Å²) in [7, 11) is 1.53. The summed E-state index contributed by atoms with van der Waals surface area (Å²) in [5, 5.41) is 17.2. The van der Waals surface area contributed by atoms with Crippen molar-refractivity contribution in [1.82, 2.24) is 10.6 Å². The van der Waals surface area contributed by atoms with E-state index in [1.165, 1.54) is 7.05 Å². The van der Waals surface area contributed by atoms with Crippen LogP contribution in [0.25, 0.3) is 0 Å². The SMILES string of the molecule is CNC(=O)COc1cccc(NC(=O)NCc2cccc(O)c2)c1. The lowest BCUT2D eigenvalue weighted by molar-refractivity contribution is -0.122. The highest BCUT2D eigenvalue weighted by Crippen LogP contribution is 2.17. The number of rotatable bonds is 6. The first-order valence-corrected chi connectivity index (χ1v) is 7.33. The third kappa shape index (κ3) is 5.53. The molecule has 0 heterocycles. The molecular weight excluding hydrogens is 310 g/mol. The third-order valence-electron chi connectivity index (χ3n) is 3.10. The van der Waals surface area contributed by atoms with Crippen molar-refractivity contribution in [3.63, 3.8) is 0 Å². The van der Waals surface area contributed by atoms with E-state index in [0.29, 0.717) is 11.4 Å². The zero-order valence-electron chi connectivity index (χ0n) is 13.2. The molecular formula is C17H19N3O4. The van der Waals surface area contributed by atoms with E-state index in [1.807, 2.05) is 0 Å². The summed E-state index contributed by atoms with van der Waals surface area (Å²) in [5.41, 5.74) is 1.32. The van der Waals surface area contributed by atoms with Gasteiger partial charge < -0.3 is 25.8 Å². The van der Waals surface area contributed by atoms with E-state index in [-0.39, 0.29) is 30.8 Å². The van der Waals surface area contributed by atoms with Gasteiger partial charge in [-0.1, -0.05) is 18.2 Å². The number of benzene rings is 2. The molecule has 2 aromatic carbocycles. The van der Waals surface area contributed by atoms with Crippen LogP contribution in [0.3, 0.4) is 0 Å². The Labute approximate surface area is 139 Å². The quantitative estimate of drug-likeness (QED) is 0.650. The maximum atomic E-state index is 11.9. The smallest absolute Gasteiger partial charge is 0.319 e. The standard InChI is InChI=1S/C17H19N3O4/c1-18-16(22)11-24-15-7-3-5-13(9-15)20-17(23)19-10-12-4-2-6-14(21)8-12/h2-9,21H,10-11H2,1H3,(H,18,22)(H2,19,20,23). The number of phenols is 1. The number of carbonyl (C=O) groups excluding carboxylic acids is 2. The maximum absolute atomic E-state index is 11.9. The highest BCUT2D eigenvalue weighted by Gasteiger charge is 2.05. The molecule has 0 saturated heterocycles. The molecule has 0 bridgehead atoms. The second-order valence-corrected chi connectivity index (χ2v) is 4.97. The molecule has 0 saturated carbocycles.